The van der Waals surface area contributed by atoms with Crippen LogP contribution in [-0.2, 0) is 21.3 Å². The number of hydrogen-bond donors (Lipinski definition) is 1. The molecule has 3 aromatic rings. The van der Waals surface area contributed by atoms with Crippen LogP contribution in [-0.4, -0.2) is 45.6 Å². The van der Waals surface area contributed by atoms with Gasteiger partial charge in [0.2, 0.25) is 0 Å². The van der Waals surface area contributed by atoms with E-state index in [0.29, 0.717) is 30.2 Å². The van der Waals surface area contributed by atoms with E-state index in [1.807, 2.05) is 0 Å². The molecule has 35 heavy (non-hydrogen) atoms. The standard InChI is InChI=1S/C26H27FN2O5S/c1-33-23-12-10-22(11-13-23)28-35(31,32)25-9-3-6-20(16-25)26(30)29(18-24-8-4-14-34-24)17-19-5-2-7-21(27)15-19/h2-3,5-7,9-13,15-16,24,28H,4,8,14,17-18H2,1H3. The van der Waals surface area contributed by atoms with Crippen molar-refractivity contribution in [3.05, 3.63) is 89.7 Å². The minimum absolute atomic E-state index is 0.0398. The molecule has 1 aliphatic heterocycles. The predicted molar refractivity (Wildman–Crippen MR) is 130 cm³/mol. The van der Waals surface area contributed by atoms with Gasteiger partial charge in [-0.1, -0.05) is 18.2 Å². The van der Waals surface area contributed by atoms with Gasteiger partial charge in [-0.3, -0.25) is 9.52 Å². The number of hydrogen-bond acceptors (Lipinski definition) is 5. The summed E-state index contributed by atoms with van der Waals surface area (Å²) in [6.45, 7) is 1.14. The predicted octanol–water partition coefficient (Wildman–Crippen LogP) is 4.46. The van der Waals surface area contributed by atoms with E-state index in [-0.39, 0.29) is 34.8 Å². The Bertz CT molecular complexity index is 1270. The zero-order chi connectivity index (χ0) is 24.8. The fraction of sp³-hybridized carbons (Fsp3) is 0.269. The third kappa shape index (κ3) is 6.37. The second-order valence-corrected chi connectivity index (χ2v) is 9.99. The van der Waals surface area contributed by atoms with Crippen LogP contribution in [0.4, 0.5) is 10.1 Å². The van der Waals surface area contributed by atoms with Crippen molar-refractivity contribution in [2.75, 3.05) is 25.0 Å². The summed E-state index contributed by atoms with van der Waals surface area (Å²) in [5.74, 6) is -0.138. The maximum atomic E-state index is 13.7. The number of benzene rings is 3. The molecule has 0 aromatic heterocycles. The maximum absolute atomic E-state index is 13.7. The van der Waals surface area contributed by atoms with Crippen molar-refractivity contribution in [3.8, 4) is 5.75 Å². The normalized spacial score (nSPS) is 15.5. The number of sulfonamides is 1. The Hall–Kier alpha value is -3.43. The fourth-order valence-electron chi connectivity index (χ4n) is 3.96. The average molecular weight is 499 g/mol. The Kier molecular flexibility index (Phi) is 7.67. The lowest BCUT2D eigenvalue weighted by Gasteiger charge is -2.26. The molecule has 0 radical (unpaired) electrons. The monoisotopic (exact) mass is 498 g/mol. The van der Waals surface area contributed by atoms with Crippen LogP contribution in [0, 0.1) is 5.82 Å². The molecule has 1 aliphatic rings. The summed E-state index contributed by atoms with van der Waals surface area (Å²) >= 11 is 0. The molecular formula is C26H27FN2O5S. The Labute approximate surface area is 204 Å². The number of amides is 1. The molecule has 1 N–H and O–H groups in total. The van der Waals surface area contributed by atoms with E-state index in [9.17, 15) is 17.6 Å². The van der Waals surface area contributed by atoms with Gasteiger partial charge >= 0.3 is 0 Å². The highest BCUT2D eigenvalue weighted by Gasteiger charge is 2.25. The molecule has 1 heterocycles. The van der Waals surface area contributed by atoms with Crippen molar-refractivity contribution in [1.82, 2.24) is 4.90 Å². The second kappa shape index (κ2) is 10.9. The van der Waals surface area contributed by atoms with E-state index in [1.165, 1.54) is 37.4 Å². The van der Waals surface area contributed by atoms with Crippen LogP contribution >= 0.6 is 0 Å². The number of methoxy groups -OCH3 is 1. The zero-order valence-electron chi connectivity index (χ0n) is 19.3. The van der Waals surface area contributed by atoms with Gasteiger partial charge in [-0.2, -0.15) is 0 Å². The van der Waals surface area contributed by atoms with Gasteiger partial charge in [0.15, 0.2) is 0 Å². The van der Waals surface area contributed by atoms with Gasteiger partial charge in [0.05, 0.1) is 18.1 Å². The van der Waals surface area contributed by atoms with Crippen molar-refractivity contribution in [2.24, 2.45) is 0 Å². The highest BCUT2D eigenvalue weighted by Crippen LogP contribution is 2.22. The number of rotatable bonds is 9. The van der Waals surface area contributed by atoms with Crippen molar-refractivity contribution >= 4 is 21.6 Å². The third-order valence-corrected chi connectivity index (χ3v) is 7.11. The van der Waals surface area contributed by atoms with Crippen LogP contribution in [0.5, 0.6) is 5.75 Å². The van der Waals surface area contributed by atoms with Crippen LogP contribution in [0.25, 0.3) is 0 Å². The third-order valence-electron chi connectivity index (χ3n) is 5.73. The number of nitrogens with zero attached hydrogens (tertiary/aromatic N) is 1. The van der Waals surface area contributed by atoms with Crippen LogP contribution in [0.3, 0.4) is 0 Å². The molecule has 9 heteroatoms. The van der Waals surface area contributed by atoms with Crippen LogP contribution < -0.4 is 9.46 Å². The number of ether oxygens (including phenoxy) is 2. The number of carbonyl (C=O) groups is 1. The molecule has 0 aliphatic carbocycles. The lowest BCUT2D eigenvalue weighted by molar-refractivity contribution is 0.0507. The summed E-state index contributed by atoms with van der Waals surface area (Å²) in [5.41, 5.74) is 1.23. The van der Waals surface area contributed by atoms with Crippen LogP contribution in [0.2, 0.25) is 0 Å². The van der Waals surface area contributed by atoms with E-state index >= 15 is 0 Å². The largest absolute Gasteiger partial charge is 0.497 e. The first-order valence-electron chi connectivity index (χ1n) is 11.3. The Morgan fingerprint density at radius 2 is 1.89 bits per heavy atom. The minimum atomic E-state index is -3.94. The molecule has 1 amide bonds. The first kappa shape index (κ1) is 24.7. The quantitative estimate of drug-likeness (QED) is 0.471. The van der Waals surface area contributed by atoms with Gasteiger partial charge in [-0.15, -0.1) is 0 Å². The fourth-order valence-corrected chi connectivity index (χ4v) is 5.07. The molecule has 1 atom stereocenters. The molecule has 0 saturated carbocycles. The lowest BCUT2D eigenvalue weighted by atomic mass is 10.1. The molecule has 1 unspecified atom stereocenters. The summed E-state index contributed by atoms with van der Waals surface area (Å²) in [7, 11) is -2.41. The van der Waals surface area contributed by atoms with Crippen LogP contribution in [0.15, 0.2) is 77.7 Å². The van der Waals surface area contributed by atoms with Crippen molar-refractivity contribution in [2.45, 2.75) is 30.4 Å². The summed E-state index contributed by atoms with van der Waals surface area (Å²) < 4.78 is 53.0. The molecule has 1 fully saturated rings. The highest BCUT2D eigenvalue weighted by atomic mass is 32.2. The number of halogens is 1. The topological polar surface area (TPSA) is 84.9 Å². The first-order chi connectivity index (χ1) is 16.8. The molecule has 7 nitrogen and oxygen atoms in total. The lowest BCUT2D eigenvalue weighted by Crippen LogP contribution is -2.37. The summed E-state index contributed by atoms with van der Waals surface area (Å²) in [4.78, 5) is 15.0. The van der Waals surface area contributed by atoms with E-state index < -0.39 is 10.0 Å². The van der Waals surface area contributed by atoms with Gasteiger partial charge < -0.3 is 14.4 Å². The Morgan fingerprint density at radius 1 is 1.11 bits per heavy atom. The van der Waals surface area contributed by atoms with Gasteiger partial charge in [0, 0.05) is 30.9 Å². The highest BCUT2D eigenvalue weighted by molar-refractivity contribution is 7.92. The minimum Gasteiger partial charge on any atom is -0.497 e. The zero-order valence-corrected chi connectivity index (χ0v) is 20.1. The van der Waals surface area contributed by atoms with E-state index in [0.717, 1.165) is 12.8 Å². The van der Waals surface area contributed by atoms with Gasteiger partial charge in [-0.05, 0) is 73.0 Å². The Balaban J connectivity index is 1.57. The number of nitrogens with one attached hydrogen (secondary N) is 1. The molecule has 0 bridgehead atoms. The molecule has 3 aromatic carbocycles. The SMILES string of the molecule is COc1ccc(NS(=O)(=O)c2cccc(C(=O)N(Cc3cccc(F)c3)CC3CCCO3)c2)cc1. The molecule has 1 saturated heterocycles. The van der Waals surface area contributed by atoms with Gasteiger partial charge in [0.1, 0.15) is 11.6 Å². The first-order valence-corrected chi connectivity index (χ1v) is 12.7. The summed E-state index contributed by atoms with van der Waals surface area (Å²) in [6, 6.07) is 18.4. The molecule has 0 spiro atoms. The molecule has 184 valence electrons. The smallest absolute Gasteiger partial charge is 0.261 e. The molecular weight excluding hydrogens is 471 g/mol. The van der Waals surface area contributed by atoms with E-state index in [2.05, 4.69) is 4.72 Å². The number of anilines is 1. The average Bonchev–Trinajstić information content (AvgIpc) is 3.37. The van der Waals surface area contributed by atoms with Gasteiger partial charge in [0.25, 0.3) is 15.9 Å². The van der Waals surface area contributed by atoms with Crippen molar-refractivity contribution in [3.63, 3.8) is 0 Å². The summed E-state index contributed by atoms with van der Waals surface area (Å²) in [5, 5.41) is 0. The summed E-state index contributed by atoms with van der Waals surface area (Å²) in [6.07, 6.45) is 1.63. The van der Waals surface area contributed by atoms with Crippen LogP contribution in [0.1, 0.15) is 28.8 Å². The Morgan fingerprint density at radius 3 is 2.57 bits per heavy atom. The second-order valence-electron chi connectivity index (χ2n) is 8.31. The van der Waals surface area contributed by atoms with Crippen molar-refractivity contribution < 1.29 is 27.1 Å². The molecule has 4 rings (SSSR count). The number of carbonyl (C=O) groups excluding carboxylic acids is 1. The van der Waals surface area contributed by atoms with E-state index in [1.54, 1.807) is 47.4 Å². The van der Waals surface area contributed by atoms with Crippen molar-refractivity contribution in [1.29, 1.82) is 0 Å². The van der Waals surface area contributed by atoms with Gasteiger partial charge in [-0.25, -0.2) is 12.8 Å². The van der Waals surface area contributed by atoms with E-state index in [4.69, 9.17) is 9.47 Å². The maximum Gasteiger partial charge on any atom is 0.261 e.